The van der Waals surface area contributed by atoms with Gasteiger partial charge in [-0.15, -0.1) is 0 Å². The predicted octanol–water partition coefficient (Wildman–Crippen LogP) is 3.64. The monoisotopic (exact) mass is 339 g/mol. The van der Waals surface area contributed by atoms with Crippen LogP contribution in [0.4, 0.5) is 0 Å². The molecule has 0 bridgehead atoms. The molecule has 1 aromatic carbocycles. The van der Waals surface area contributed by atoms with Crippen LogP contribution in [-0.4, -0.2) is 30.8 Å². The van der Waals surface area contributed by atoms with Crippen molar-refractivity contribution in [1.29, 1.82) is 0 Å². The summed E-state index contributed by atoms with van der Waals surface area (Å²) in [5.41, 5.74) is 0. The fourth-order valence-corrected chi connectivity index (χ4v) is 3.78. The van der Waals surface area contributed by atoms with Crippen molar-refractivity contribution in [2.24, 2.45) is 0 Å². The van der Waals surface area contributed by atoms with E-state index in [1.165, 1.54) is 10.4 Å². The molecule has 4 nitrogen and oxygen atoms in total. The number of nitrogens with zero attached hydrogens (tertiary/aromatic N) is 1. The topological polar surface area (TPSA) is 46.6 Å². The Balaban J connectivity index is 3.19. The molecular weight excluding hydrogens is 321 g/mol. The Morgan fingerprint density at radius 3 is 2.20 bits per heavy atom. The third-order valence-electron chi connectivity index (χ3n) is 2.63. The quantitative estimate of drug-likeness (QED) is 0.679. The van der Waals surface area contributed by atoms with E-state index in [4.69, 9.17) is 27.9 Å². The molecule has 0 heterocycles. The van der Waals surface area contributed by atoms with Crippen LogP contribution in [-0.2, 0) is 10.0 Å². The zero-order valence-electron chi connectivity index (χ0n) is 11.6. The molecule has 1 rings (SSSR count). The first-order valence-electron chi connectivity index (χ1n) is 6.47. The maximum Gasteiger partial charge on any atom is 0.247 e. The first kappa shape index (κ1) is 17.6. The molecule has 114 valence electrons. The summed E-state index contributed by atoms with van der Waals surface area (Å²) in [6.07, 6.45) is 1.49. The van der Waals surface area contributed by atoms with Gasteiger partial charge in [-0.1, -0.05) is 49.2 Å². The lowest BCUT2D eigenvalue weighted by atomic mass is 10.3. The summed E-state index contributed by atoms with van der Waals surface area (Å²) in [4.78, 5) is 0.0909. The molecule has 0 spiro atoms. The van der Waals surface area contributed by atoms with Gasteiger partial charge in [0.1, 0.15) is 10.6 Å². The van der Waals surface area contributed by atoms with Gasteiger partial charge in [-0.05, 0) is 25.0 Å². The van der Waals surface area contributed by atoms with Crippen molar-refractivity contribution in [3.63, 3.8) is 0 Å². The second kappa shape index (κ2) is 8.08. The number of ether oxygens (including phenoxy) is 1. The van der Waals surface area contributed by atoms with Crippen LogP contribution < -0.4 is 4.74 Å². The van der Waals surface area contributed by atoms with Gasteiger partial charge < -0.3 is 4.74 Å². The molecule has 0 unspecified atom stereocenters. The summed E-state index contributed by atoms with van der Waals surface area (Å²) in [7, 11) is -3.61. The van der Waals surface area contributed by atoms with Gasteiger partial charge in [-0.3, -0.25) is 0 Å². The summed E-state index contributed by atoms with van der Waals surface area (Å²) >= 11 is 11.1. The number of para-hydroxylation sites is 1. The first-order valence-corrected chi connectivity index (χ1v) is 8.78. The van der Waals surface area contributed by atoms with Crippen LogP contribution in [0.15, 0.2) is 29.2 Å². The summed E-state index contributed by atoms with van der Waals surface area (Å²) in [5.74, 6) is 0.166. The molecule has 0 N–H and O–H groups in total. The van der Waals surface area contributed by atoms with Gasteiger partial charge >= 0.3 is 0 Å². The van der Waals surface area contributed by atoms with Crippen LogP contribution in [0.25, 0.3) is 0 Å². The summed E-state index contributed by atoms with van der Waals surface area (Å²) in [6, 6.07) is 6.36. The second-order valence-corrected chi connectivity index (χ2v) is 7.15. The molecule has 0 radical (unpaired) electrons. The minimum atomic E-state index is -3.61. The molecule has 7 heteroatoms. The van der Waals surface area contributed by atoms with E-state index >= 15 is 0 Å². The minimum absolute atomic E-state index is 0.0909. The summed E-state index contributed by atoms with van der Waals surface area (Å²) in [5, 5.41) is -1.11. The maximum absolute atomic E-state index is 12.7. The van der Waals surface area contributed by atoms with Crippen molar-refractivity contribution in [2.45, 2.75) is 36.6 Å². The molecule has 20 heavy (non-hydrogen) atoms. The van der Waals surface area contributed by atoms with Crippen LogP contribution in [0.2, 0.25) is 0 Å². The van der Waals surface area contributed by atoms with Crippen molar-refractivity contribution in [2.75, 3.05) is 13.1 Å². The highest BCUT2D eigenvalue weighted by atomic mass is 35.5. The lowest BCUT2D eigenvalue weighted by Crippen LogP contribution is -2.32. The van der Waals surface area contributed by atoms with Crippen molar-refractivity contribution in [3.05, 3.63) is 24.3 Å². The Morgan fingerprint density at radius 2 is 1.70 bits per heavy atom. The zero-order chi connectivity index (χ0) is 15.2. The standard InChI is InChI=1S/C13H19Cl2NO3S/c1-3-9-16(10-4-2)20(17,18)12-8-6-5-7-11(12)19-13(14)15/h5-8,13H,3-4,9-10H2,1-2H3. The van der Waals surface area contributed by atoms with E-state index in [9.17, 15) is 8.42 Å². The average Bonchev–Trinajstić information content (AvgIpc) is 2.38. The predicted molar refractivity (Wildman–Crippen MR) is 81.9 cm³/mol. The second-order valence-electron chi connectivity index (χ2n) is 4.23. The van der Waals surface area contributed by atoms with Crippen LogP contribution in [0.3, 0.4) is 0 Å². The smallest absolute Gasteiger partial charge is 0.247 e. The third-order valence-corrected chi connectivity index (χ3v) is 4.75. The van der Waals surface area contributed by atoms with Crippen LogP contribution in [0.5, 0.6) is 5.75 Å². The van der Waals surface area contributed by atoms with Gasteiger partial charge in [0.2, 0.25) is 15.0 Å². The third kappa shape index (κ3) is 4.52. The molecule has 1 aromatic rings. The molecule has 0 saturated heterocycles. The average molecular weight is 340 g/mol. The van der Waals surface area contributed by atoms with Gasteiger partial charge in [0.15, 0.2) is 0 Å². The fourth-order valence-electron chi connectivity index (χ4n) is 1.85. The van der Waals surface area contributed by atoms with Gasteiger partial charge in [-0.2, -0.15) is 4.31 Å². The molecule has 0 atom stereocenters. The van der Waals surface area contributed by atoms with E-state index in [0.717, 1.165) is 12.8 Å². The fraction of sp³-hybridized carbons (Fsp3) is 0.538. The maximum atomic E-state index is 12.7. The van der Waals surface area contributed by atoms with Crippen LogP contribution in [0, 0.1) is 0 Å². The number of alkyl halides is 2. The molecule has 0 aliphatic heterocycles. The van der Waals surface area contributed by atoms with E-state index in [0.29, 0.717) is 13.1 Å². The van der Waals surface area contributed by atoms with E-state index in [2.05, 4.69) is 0 Å². The van der Waals surface area contributed by atoms with Crippen molar-refractivity contribution in [1.82, 2.24) is 4.31 Å². The number of halogens is 2. The SMILES string of the molecule is CCCN(CCC)S(=O)(=O)c1ccccc1OC(Cl)Cl. The Kier molecular flexibility index (Phi) is 7.09. The van der Waals surface area contributed by atoms with E-state index in [1.807, 2.05) is 13.8 Å². The molecule has 0 amide bonds. The van der Waals surface area contributed by atoms with Crippen molar-refractivity contribution < 1.29 is 13.2 Å². The van der Waals surface area contributed by atoms with Gasteiger partial charge in [0, 0.05) is 13.1 Å². The minimum Gasteiger partial charge on any atom is -0.459 e. The van der Waals surface area contributed by atoms with Crippen molar-refractivity contribution >= 4 is 33.2 Å². The van der Waals surface area contributed by atoms with Crippen LogP contribution in [0.1, 0.15) is 26.7 Å². The van der Waals surface area contributed by atoms with Gasteiger partial charge in [-0.25, -0.2) is 8.42 Å². The highest BCUT2D eigenvalue weighted by Crippen LogP contribution is 2.28. The summed E-state index contributed by atoms with van der Waals surface area (Å²) < 4.78 is 32.0. The van der Waals surface area contributed by atoms with Crippen LogP contribution >= 0.6 is 23.2 Å². The number of benzene rings is 1. The molecule has 0 aliphatic carbocycles. The van der Waals surface area contributed by atoms with E-state index in [1.54, 1.807) is 18.2 Å². The Morgan fingerprint density at radius 1 is 1.15 bits per heavy atom. The number of hydrogen-bond acceptors (Lipinski definition) is 3. The molecule has 0 saturated carbocycles. The lowest BCUT2D eigenvalue weighted by Gasteiger charge is -2.22. The van der Waals surface area contributed by atoms with Gasteiger partial charge in [0.05, 0.1) is 0 Å². The molecule has 0 aliphatic rings. The Bertz CT molecular complexity index is 514. The normalized spacial score (nSPS) is 12.1. The number of sulfonamides is 1. The van der Waals surface area contributed by atoms with E-state index < -0.39 is 15.0 Å². The van der Waals surface area contributed by atoms with E-state index in [-0.39, 0.29) is 10.6 Å². The van der Waals surface area contributed by atoms with Crippen molar-refractivity contribution in [3.8, 4) is 5.75 Å². The Hall–Kier alpha value is -0.490. The summed E-state index contributed by atoms with van der Waals surface area (Å²) in [6.45, 7) is 4.81. The number of rotatable bonds is 8. The highest BCUT2D eigenvalue weighted by Gasteiger charge is 2.26. The first-order chi connectivity index (χ1) is 9.43. The Labute approximate surface area is 130 Å². The number of hydrogen-bond donors (Lipinski definition) is 0. The molecule has 0 aromatic heterocycles. The molecular formula is C13H19Cl2NO3S. The molecule has 0 fully saturated rings. The van der Waals surface area contributed by atoms with Gasteiger partial charge in [0.25, 0.3) is 0 Å². The highest BCUT2D eigenvalue weighted by molar-refractivity contribution is 7.89. The zero-order valence-corrected chi connectivity index (χ0v) is 13.9. The largest absolute Gasteiger partial charge is 0.459 e. The lowest BCUT2D eigenvalue weighted by molar-refractivity contribution is 0.341.